The van der Waals surface area contributed by atoms with Crippen LogP contribution < -0.4 is 9.30 Å². The van der Waals surface area contributed by atoms with E-state index >= 15 is 0 Å². The lowest BCUT2D eigenvalue weighted by molar-refractivity contribution is -0.659. The maximum absolute atomic E-state index is 6.42. The van der Waals surface area contributed by atoms with E-state index in [4.69, 9.17) is 9.15 Å². The number of hydrogen-bond acceptors (Lipinski definition) is 2. The second-order valence-electron chi connectivity index (χ2n) is 6.72. The van der Waals surface area contributed by atoms with Gasteiger partial charge in [-0.2, -0.15) is 0 Å². The molecule has 3 nitrogen and oxygen atoms in total. The van der Waals surface area contributed by atoms with E-state index < -0.39 is 0 Å². The summed E-state index contributed by atoms with van der Waals surface area (Å²) in [5.74, 6) is 1.89. The van der Waals surface area contributed by atoms with Crippen LogP contribution in [0.1, 0.15) is 16.7 Å². The topological polar surface area (TPSA) is 26.2 Å². The lowest BCUT2D eigenvalue weighted by Gasteiger charge is -2.23. The maximum atomic E-state index is 6.42. The fourth-order valence-corrected chi connectivity index (χ4v) is 4.00. The minimum atomic E-state index is 0.939. The molecule has 3 heterocycles. The molecule has 4 aromatic rings. The summed E-state index contributed by atoms with van der Waals surface area (Å²) >= 11 is 0. The van der Waals surface area contributed by atoms with Crippen molar-refractivity contribution in [2.24, 2.45) is 7.05 Å². The Morgan fingerprint density at radius 2 is 1.83 bits per heavy atom. The SMILES string of the molecule is Cc1cc2c3c([n+](C)ccc3c1)-c1c(c(C)c3ccoc3c1C)O2. The minimum absolute atomic E-state index is 0.939. The monoisotopic (exact) mass is 316 g/mol. The van der Waals surface area contributed by atoms with Crippen molar-refractivity contribution >= 4 is 21.7 Å². The molecular weight excluding hydrogens is 298 g/mol. The molecule has 24 heavy (non-hydrogen) atoms. The van der Waals surface area contributed by atoms with Gasteiger partial charge in [-0.3, -0.25) is 0 Å². The highest BCUT2D eigenvalue weighted by atomic mass is 16.5. The van der Waals surface area contributed by atoms with Crippen LogP contribution in [0.2, 0.25) is 0 Å². The largest absolute Gasteiger partial charge is 0.464 e. The van der Waals surface area contributed by atoms with Crippen LogP contribution in [0.25, 0.3) is 33.0 Å². The third-order valence-corrected chi connectivity index (χ3v) is 5.15. The second kappa shape index (κ2) is 4.38. The second-order valence-corrected chi connectivity index (χ2v) is 6.72. The van der Waals surface area contributed by atoms with Crippen molar-refractivity contribution in [2.45, 2.75) is 20.8 Å². The van der Waals surface area contributed by atoms with E-state index in [1.54, 1.807) is 6.26 Å². The van der Waals surface area contributed by atoms with Gasteiger partial charge in [0.15, 0.2) is 6.20 Å². The number of pyridine rings is 1. The van der Waals surface area contributed by atoms with Gasteiger partial charge >= 0.3 is 0 Å². The van der Waals surface area contributed by atoms with Crippen molar-refractivity contribution in [2.75, 3.05) is 0 Å². The lowest BCUT2D eigenvalue weighted by Crippen LogP contribution is -2.32. The first-order valence-electron chi connectivity index (χ1n) is 8.18. The van der Waals surface area contributed by atoms with Gasteiger partial charge in [0.2, 0.25) is 5.69 Å². The van der Waals surface area contributed by atoms with Gasteiger partial charge < -0.3 is 9.15 Å². The average molecular weight is 316 g/mol. The zero-order chi connectivity index (χ0) is 16.6. The molecule has 0 fully saturated rings. The number of rotatable bonds is 0. The van der Waals surface area contributed by atoms with Gasteiger partial charge in [0, 0.05) is 22.6 Å². The minimum Gasteiger partial charge on any atom is -0.464 e. The third kappa shape index (κ3) is 1.54. The predicted octanol–water partition coefficient (Wildman–Crippen LogP) is 5.11. The first-order valence-corrected chi connectivity index (χ1v) is 8.18. The van der Waals surface area contributed by atoms with E-state index in [9.17, 15) is 0 Å². The molecule has 0 saturated carbocycles. The predicted molar refractivity (Wildman–Crippen MR) is 94.6 cm³/mol. The average Bonchev–Trinajstić information content (AvgIpc) is 3.05. The fourth-order valence-electron chi connectivity index (χ4n) is 4.00. The highest BCUT2D eigenvalue weighted by Crippen LogP contribution is 2.50. The first kappa shape index (κ1) is 13.6. The number of fused-ring (bicyclic) bond motifs is 3. The zero-order valence-electron chi connectivity index (χ0n) is 14.2. The van der Waals surface area contributed by atoms with Gasteiger partial charge in [-0.05, 0) is 43.9 Å². The molecule has 0 N–H and O–H groups in total. The summed E-state index contributed by atoms with van der Waals surface area (Å²) < 4.78 is 14.4. The number of nitrogens with zero attached hydrogens (tertiary/aromatic N) is 1. The molecule has 118 valence electrons. The molecule has 0 saturated heterocycles. The molecule has 0 amide bonds. The van der Waals surface area contributed by atoms with Crippen molar-refractivity contribution in [3.63, 3.8) is 0 Å². The van der Waals surface area contributed by atoms with Crippen LogP contribution in [0, 0.1) is 20.8 Å². The highest BCUT2D eigenvalue weighted by molar-refractivity contribution is 6.05. The van der Waals surface area contributed by atoms with E-state index in [2.05, 4.69) is 56.8 Å². The molecule has 5 rings (SSSR count). The Balaban J connectivity index is 2.05. The molecule has 0 unspecified atom stereocenters. The van der Waals surface area contributed by atoms with Gasteiger partial charge in [-0.1, -0.05) is 6.07 Å². The summed E-state index contributed by atoms with van der Waals surface area (Å²) in [4.78, 5) is 0. The summed E-state index contributed by atoms with van der Waals surface area (Å²) in [6.07, 6.45) is 3.88. The molecule has 1 aliphatic rings. The summed E-state index contributed by atoms with van der Waals surface area (Å²) in [5, 5.41) is 3.50. The molecule has 0 aliphatic carbocycles. The van der Waals surface area contributed by atoms with E-state index in [-0.39, 0.29) is 0 Å². The van der Waals surface area contributed by atoms with Crippen LogP contribution in [0.5, 0.6) is 11.5 Å². The van der Waals surface area contributed by atoms with Crippen LogP contribution in [0.15, 0.2) is 41.1 Å². The smallest absolute Gasteiger partial charge is 0.228 e. The van der Waals surface area contributed by atoms with Crippen molar-refractivity contribution in [3.8, 4) is 22.8 Å². The van der Waals surface area contributed by atoms with Crippen LogP contribution in [0.3, 0.4) is 0 Å². The van der Waals surface area contributed by atoms with Crippen LogP contribution in [-0.4, -0.2) is 0 Å². The molecule has 3 heteroatoms. The number of ether oxygens (including phenoxy) is 1. The molecule has 1 aliphatic heterocycles. The maximum Gasteiger partial charge on any atom is 0.228 e. The number of hydrogen-bond donors (Lipinski definition) is 0. The Bertz CT molecular complexity index is 1170. The summed E-state index contributed by atoms with van der Waals surface area (Å²) in [5.41, 5.74) is 6.75. The Morgan fingerprint density at radius 1 is 1.00 bits per heavy atom. The van der Waals surface area contributed by atoms with Crippen molar-refractivity contribution in [1.29, 1.82) is 0 Å². The van der Waals surface area contributed by atoms with Crippen LogP contribution in [-0.2, 0) is 7.05 Å². The van der Waals surface area contributed by atoms with Gasteiger partial charge in [0.25, 0.3) is 0 Å². The Labute approximate surface area is 140 Å². The van der Waals surface area contributed by atoms with E-state index in [0.29, 0.717) is 0 Å². The molecule has 0 radical (unpaired) electrons. The molecular formula is C21H18NO2+. The lowest BCUT2D eigenvalue weighted by atomic mass is 9.91. The number of aromatic nitrogens is 1. The number of aryl methyl sites for hydroxylation is 4. The van der Waals surface area contributed by atoms with Gasteiger partial charge in [0.1, 0.15) is 24.1 Å². The van der Waals surface area contributed by atoms with E-state index in [1.807, 2.05) is 6.07 Å². The molecule has 0 spiro atoms. The van der Waals surface area contributed by atoms with Crippen LogP contribution in [0.4, 0.5) is 0 Å². The van der Waals surface area contributed by atoms with E-state index in [1.165, 1.54) is 22.0 Å². The Hall–Kier alpha value is -2.81. The third-order valence-electron chi connectivity index (χ3n) is 5.15. The summed E-state index contributed by atoms with van der Waals surface area (Å²) in [7, 11) is 2.09. The van der Waals surface area contributed by atoms with Crippen LogP contribution >= 0.6 is 0 Å². The zero-order valence-corrected chi connectivity index (χ0v) is 14.2. The Kier molecular flexibility index (Phi) is 2.49. The number of furan rings is 1. The number of benzene rings is 2. The van der Waals surface area contributed by atoms with Crippen molar-refractivity contribution < 1.29 is 13.7 Å². The molecule has 0 atom stereocenters. The van der Waals surface area contributed by atoms with Gasteiger partial charge in [-0.25, -0.2) is 4.57 Å². The standard InChI is InChI=1S/C21H18NO2/c1-11-9-14-5-7-22(4)19-17-13(3)20-15(6-8-23-20)12(2)21(17)24-16(10-11)18(14)19/h5-10H,1-4H3/q+1. The molecule has 2 aromatic heterocycles. The van der Waals surface area contributed by atoms with Gasteiger partial charge in [-0.15, -0.1) is 0 Å². The molecule has 2 aromatic carbocycles. The molecule has 0 bridgehead atoms. The quantitative estimate of drug-likeness (QED) is 0.371. The highest BCUT2D eigenvalue weighted by Gasteiger charge is 2.32. The summed E-state index contributed by atoms with van der Waals surface area (Å²) in [6.45, 7) is 6.33. The normalized spacial score (nSPS) is 12.5. The van der Waals surface area contributed by atoms with E-state index in [0.717, 1.165) is 39.2 Å². The first-order chi connectivity index (χ1) is 11.6. The van der Waals surface area contributed by atoms with Gasteiger partial charge in [0.05, 0.1) is 17.2 Å². The van der Waals surface area contributed by atoms with Crippen molar-refractivity contribution in [1.82, 2.24) is 0 Å². The fraction of sp³-hybridized carbons (Fsp3) is 0.190. The Morgan fingerprint density at radius 3 is 2.67 bits per heavy atom. The van der Waals surface area contributed by atoms with Crippen molar-refractivity contribution in [3.05, 3.63) is 53.4 Å². The summed E-state index contributed by atoms with van der Waals surface area (Å²) in [6, 6.07) is 8.51.